The number of phenols is 1. The molecule has 0 aliphatic carbocycles. The SMILES string of the molecule is CC(=O)Nc1cc(O)ccc1[As](=O)(O)OC(=O)CCc1ccccc1Cl. The van der Waals surface area contributed by atoms with E-state index in [4.69, 9.17) is 15.3 Å². The molecule has 0 aliphatic rings. The van der Waals surface area contributed by atoms with Gasteiger partial charge in [-0.25, -0.2) is 0 Å². The molecule has 138 valence electrons. The van der Waals surface area contributed by atoms with E-state index in [1.807, 2.05) is 0 Å². The number of anilines is 1. The number of benzene rings is 2. The molecule has 2 rings (SSSR count). The van der Waals surface area contributed by atoms with Gasteiger partial charge in [0, 0.05) is 0 Å². The van der Waals surface area contributed by atoms with E-state index in [0.717, 1.165) is 17.7 Å². The van der Waals surface area contributed by atoms with Crippen molar-refractivity contribution in [2.24, 2.45) is 0 Å². The zero-order valence-electron chi connectivity index (χ0n) is 13.8. The summed E-state index contributed by atoms with van der Waals surface area (Å²) in [6.45, 7) is 1.21. The van der Waals surface area contributed by atoms with Gasteiger partial charge in [-0.1, -0.05) is 0 Å². The molecule has 0 spiro atoms. The number of aromatic hydroxyl groups is 1. The van der Waals surface area contributed by atoms with Crippen molar-refractivity contribution in [2.45, 2.75) is 19.8 Å². The maximum atomic E-state index is 12.5. The summed E-state index contributed by atoms with van der Waals surface area (Å²) >= 11 is 0.725. The average molecular weight is 442 g/mol. The summed E-state index contributed by atoms with van der Waals surface area (Å²) in [5, 5.41) is 12.3. The van der Waals surface area contributed by atoms with Gasteiger partial charge in [0.05, 0.1) is 0 Å². The van der Waals surface area contributed by atoms with Gasteiger partial charge >= 0.3 is 158 Å². The molecule has 1 atom stereocenters. The van der Waals surface area contributed by atoms with Crippen molar-refractivity contribution in [3.05, 3.63) is 53.1 Å². The third-order valence-corrected chi connectivity index (χ3v) is 6.79. The zero-order chi connectivity index (χ0) is 19.3. The molecule has 0 fully saturated rings. The van der Waals surface area contributed by atoms with Crippen molar-refractivity contribution in [2.75, 3.05) is 5.32 Å². The summed E-state index contributed by atoms with van der Waals surface area (Å²) in [5.74, 6) is -1.58. The first kappa shape index (κ1) is 20.1. The molecule has 26 heavy (non-hydrogen) atoms. The number of carbonyl (C=O) groups excluding carboxylic acids is 2. The Kier molecular flexibility index (Phi) is 6.53. The van der Waals surface area contributed by atoms with Gasteiger partial charge in [-0.2, -0.15) is 0 Å². The fraction of sp³-hybridized carbons (Fsp3) is 0.176. The number of hydrogen-bond donors (Lipinski definition) is 3. The molecule has 0 saturated carbocycles. The quantitative estimate of drug-likeness (QED) is 0.589. The van der Waals surface area contributed by atoms with Crippen LogP contribution in [-0.2, 0) is 23.5 Å². The van der Waals surface area contributed by atoms with Crippen molar-refractivity contribution >= 4 is 47.7 Å². The number of aryl methyl sites for hydroxylation is 1. The van der Waals surface area contributed by atoms with Crippen LogP contribution in [0.15, 0.2) is 42.5 Å². The summed E-state index contributed by atoms with van der Waals surface area (Å²) in [4.78, 5) is 23.2. The normalized spacial score (nSPS) is 12.9. The monoisotopic (exact) mass is 441 g/mol. The second-order valence-corrected chi connectivity index (χ2v) is 9.44. The minimum atomic E-state index is -5.28. The third kappa shape index (κ3) is 5.39. The molecule has 0 aromatic heterocycles. The Morgan fingerprint density at radius 1 is 1.23 bits per heavy atom. The van der Waals surface area contributed by atoms with E-state index in [-0.39, 0.29) is 28.6 Å². The summed E-state index contributed by atoms with van der Waals surface area (Å²) < 4.78 is 27.3. The summed E-state index contributed by atoms with van der Waals surface area (Å²) in [5.41, 5.74) is 0.635. The van der Waals surface area contributed by atoms with Gasteiger partial charge < -0.3 is 0 Å². The van der Waals surface area contributed by atoms with E-state index in [1.54, 1.807) is 24.3 Å². The predicted octanol–water partition coefficient (Wildman–Crippen LogP) is 1.75. The topological polar surface area (TPSA) is 113 Å². The molecule has 1 amide bonds. The van der Waals surface area contributed by atoms with Crippen molar-refractivity contribution in [3.63, 3.8) is 0 Å². The second-order valence-electron chi connectivity index (χ2n) is 5.46. The van der Waals surface area contributed by atoms with Gasteiger partial charge in [-0.15, -0.1) is 0 Å². The molecule has 2 aromatic carbocycles. The van der Waals surface area contributed by atoms with Crippen LogP contribution in [0.25, 0.3) is 0 Å². The molecule has 7 nitrogen and oxygen atoms in total. The minimum absolute atomic E-state index is 0.0820. The van der Waals surface area contributed by atoms with Crippen LogP contribution in [0.4, 0.5) is 5.69 Å². The average Bonchev–Trinajstić information content (AvgIpc) is 2.53. The molecule has 9 heteroatoms. The number of phenolic OH excluding ortho intramolecular Hbond substituents is 1. The van der Waals surface area contributed by atoms with Gasteiger partial charge in [0.1, 0.15) is 0 Å². The van der Waals surface area contributed by atoms with Crippen LogP contribution < -0.4 is 9.67 Å². The molecule has 0 radical (unpaired) electrons. The summed E-state index contributed by atoms with van der Waals surface area (Å²) in [6.07, 6.45) is 0.117. The van der Waals surface area contributed by atoms with E-state index >= 15 is 0 Å². The Morgan fingerprint density at radius 3 is 2.58 bits per heavy atom. The zero-order valence-corrected chi connectivity index (χ0v) is 16.4. The van der Waals surface area contributed by atoms with Gasteiger partial charge in [0.25, 0.3) is 0 Å². The number of rotatable bonds is 6. The summed E-state index contributed by atoms with van der Waals surface area (Å²) in [7, 11) is 0. The van der Waals surface area contributed by atoms with Crippen molar-refractivity contribution in [1.82, 2.24) is 0 Å². The van der Waals surface area contributed by atoms with E-state index < -0.39 is 26.0 Å². The molecule has 3 N–H and O–H groups in total. The van der Waals surface area contributed by atoms with Crippen LogP contribution >= 0.6 is 11.6 Å². The van der Waals surface area contributed by atoms with Crippen molar-refractivity contribution in [1.29, 1.82) is 0 Å². The van der Waals surface area contributed by atoms with Crippen LogP contribution in [0.2, 0.25) is 5.02 Å². The fourth-order valence-corrected chi connectivity index (χ4v) is 4.88. The third-order valence-electron chi connectivity index (χ3n) is 3.38. The van der Waals surface area contributed by atoms with E-state index in [0.29, 0.717) is 5.02 Å². The number of carbonyl (C=O) groups is 2. The maximum absolute atomic E-state index is 12.5. The standard InChI is InChI=1S/C17H17AsClNO6/c1-11(21)20-16-10-13(22)7-8-14(16)18(24,25)26-17(23)9-6-12-4-2-3-5-15(12)19/h2-5,7-8,10,22H,6,9H2,1H3,(H,20,21)(H,24,25). The number of hydrogen-bond acceptors (Lipinski definition) is 5. The Bertz CT molecular complexity index is 885. The first-order valence-corrected chi connectivity index (χ1v) is 11.3. The fourth-order valence-electron chi connectivity index (χ4n) is 2.23. The van der Waals surface area contributed by atoms with E-state index in [2.05, 4.69) is 5.32 Å². The van der Waals surface area contributed by atoms with Gasteiger partial charge in [0.2, 0.25) is 0 Å². The van der Waals surface area contributed by atoms with Crippen LogP contribution in [0, 0.1) is 0 Å². The van der Waals surface area contributed by atoms with Gasteiger partial charge in [-0.3, -0.25) is 0 Å². The molecule has 2 aromatic rings. The Labute approximate surface area is 157 Å². The molecule has 0 heterocycles. The Balaban J connectivity index is 2.13. The Morgan fingerprint density at radius 2 is 1.92 bits per heavy atom. The molecule has 1 unspecified atom stereocenters. The van der Waals surface area contributed by atoms with Crippen LogP contribution in [0.3, 0.4) is 0 Å². The summed E-state index contributed by atoms with van der Waals surface area (Å²) in [6, 6.07) is 10.4. The molecule has 0 saturated heterocycles. The Hall–Kier alpha value is -2.21. The first-order chi connectivity index (χ1) is 12.2. The number of amides is 1. The van der Waals surface area contributed by atoms with Crippen LogP contribution in [0.1, 0.15) is 18.9 Å². The van der Waals surface area contributed by atoms with Crippen molar-refractivity contribution in [3.8, 4) is 5.75 Å². The number of nitrogens with one attached hydrogen (secondary N) is 1. The van der Waals surface area contributed by atoms with Crippen LogP contribution in [0.5, 0.6) is 5.75 Å². The first-order valence-electron chi connectivity index (χ1n) is 7.59. The molecular formula is C17H17AsClNO6. The number of halogens is 1. The van der Waals surface area contributed by atoms with E-state index in [9.17, 15) is 22.5 Å². The second kappa shape index (κ2) is 8.45. The van der Waals surface area contributed by atoms with E-state index in [1.165, 1.54) is 13.0 Å². The van der Waals surface area contributed by atoms with Crippen molar-refractivity contribution < 1.29 is 26.3 Å². The van der Waals surface area contributed by atoms with Gasteiger partial charge in [0.15, 0.2) is 0 Å². The predicted molar refractivity (Wildman–Crippen MR) is 96.6 cm³/mol. The van der Waals surface area contributed by atoms with Gasteiger partial charge in [-0.05, 0) is 0 Å². The molecule has 0 bridgehead atoms. The van der Waals surface area contributed by atoms with Crippen LogP contribution in [-0.4, -0.2) is 35.3 Å². The molecule has 0 aliphatic heterocycles. The molecular weight excluding hydrogens is 425 g/mol.